The van der Waals surface area contributed by atoms with Gasteiger partial charge in [0.1, 0.15) is 0 Å². The number of carbonyl (C=O) groups is 1. The van der Waals surface area contributed by atoms with Crippen molar-refractivity contribution in [3.05, 3.63) is 18.2 Å². The van der Waals surface area contributed by atoms with Gasteiger partial charge in [-0.15, -0.1) is 12.4 Å². The Hall–Kier alpha value is -1.03. The highest BCUT2D eigenvalue weighted by molar-refractivity contribution is 5.85. The minimum atomic E-state index is 0. The molecule has 5 heteroatoms. The third kappa shape index (κ3) is 3.94. The lowest BCUT2D eigenvalue weighted by Gasteiger charge is -2.08. The number of aromatic nitrogens is 2. The summed E-state index contributed by atoms with van der Waals surface area (Å²) in [5, 5.41) is 0. The average Bonchev–Trinajstić information content (AvgIpc) is 2.51. The molecule has 1 N–H and O–H groups in total. The largest absolute Gasteiger partial charge is 0.351 e. The molecule has 0 radical (unpaired) electrons. The summed E-state index contributed by atoms with van der Waals surface area (Å²) < 4.78 is 0. The number of imidazole rings is 1. The zero-order valence-electron chi connectivity index (χ0n) is 7.78. The van der Waals surface area contributed by atoms with Crippen LogP contribution in [0.15, 0.2) is 12.5 Å². The van der Waals surface area contributed by atoms with E-state index in [2.05, 4.69) is 9.97 Å². The molecule has 1 heterocycles. The lowest BCUT2D eigenvalue weighted by Crippen LogP contribution is -2.21. The first-order valence-electron chi connectivity index (χ1n) is 3.88. The van der Waals surface area contributed by atoms with E-state index in [-0.39, 0.29) is 18.3 Å². The number of nitrogens with one attached hydrogen (secondary N) is 1. The van der Waals surface area contributed by atoms with Gasteiger partial charge in [-0.25, -0.2) is 4.98 Å². The number of rotatable bonds is 3. The molecule has 0 saturated carbocycles. The molecule has 0 aliphatic rings. The highest BCUT2D eigenvalue weighted by Gasteiger charge is 2.04. The lowest BCUT2D eigenvalue weighted by atomic mass is 10.2. The fourth-order valence-electron chi connectivity index (χ4n) is 0.886. The van der Waals surface area contributed by atoms with Crippen molar-refractivity contribution in [3.8, 4) is 0 Å². The van der Waals surface area contributed by atoms with Crippen molar-refractivity contribution >= 4 is 18.3 Å². The molecule has 0 atom stereocenters. The summed E-state index contributed by atoms with van der Waals surface area (Å²) in [6.45, 7) is 0. The number of aromatic amines is 1. The second kappa shape index (κ2) is 5.59. The van der Waals surface area contributed by atoms with Crippen LogP contribution in [0.5, 0.6) is 0 Å². The van der Waals surface area contributed by atoms with Gasteiger partial charge < -0.3 is 9.88 Å². The summed E-state index contributed by atoms with van der Waals surface area (Å²) in [5.74, 6) is 0.137. The van der Waals surface area contributed by atoms with E-state index in [1.807, 2.05) is 6.20 Å². The molecule has 1 amide bonds. The quantitative estimate of drug-likeness (QED) is 0.792. The van der Waals surface area contributed by atoms with Crippen LogP contribution in [0, 0.1) is 0 Å². The zero-order valence-corrected chi connectivity index (χ0v) is 8.60. The minimum Gasteiger partial charge on any atom is -0.351 e. The molecule has 0 fully saturated rings. The summed E-state index contributed by atoms with van der Waals surface area (Å²) in [4.78, 5) is 19.6. The standard InChI is InChI=1S/C8H13N3O.ClH/c1-11(2)8(12)4-3-7-5-9-6-10-7;/h5-6H,3-4H2,1-2H3,(H,9,10);1H. The molecule has 1 aromatic rings. The Morgan fingerprint density at radius 3 is 2.77 bits per heavy atom. The Labute approximate surface area is 83.8 Å². The molecule has 0 bridgehead atoms. The van der Waals surface area contributed by atoms with E-state index < -0.39 is 0 Å². The van der Waals surface area contributed by atoms with E-state index in [0.717, 1.165) is 5.69 Å². The number of hydrogen-bond acceptors (Lipinski definition) is 2. The maximum atomic E-state index is 11.1. The highest BCUT2D eigenvalue weighted by Crippen LogP contribution is 1.98. The van der Waals surface area contributed by atoms with Crippen LogP contribution in [0.4, 0.5) is 0 Å². The van der Waals surface area contributed by atoms with Gasteiger partial charge in [-0.1, -0.05) is 0 Å². The summed E-state index contributed by atoms with van der Waals surface area (Å²) in [7, 11) is 3.51. The molecule has 0 aromatic carbocycles. The summed E-state index contributed by atoms with van der Waals surface area (Å²) in [6.07, 6.45) is 4.66. The van der Waals surface area contributed by atoms with Crippen molar-refractivity contribution in [1.29, 1.82) is 0 Å². The number of H-pyrrole nitrogens is 1. The number of hydrogen-bond donors (Lipinski definition) is 1. The molecule has 13 heavy (non-hydrogen) atoms. The topological polar surface area (TPSA) is 49.0 Å². The second-order valence-corrected chi connectivity index (χ2v) is 2.85. The van der Waals surface area contributed by atoms with Crippen LogP contribution < -0.4 is 0 Å². The van der Waals surface area contributed by atoms with Crippen LogP contribution in [0.2, 0.25) is 0 Å². The first-order valence-corrected chi connectivity index (χ1v) is 3.88. The van der Waals surface area contributed by atoms with Gasteiger partial charge in [0.05, 0.1) is 12.0 Å². The number of carbonyl (C=O) groups excluding carboxylic acids is 1. The molecule has 1 aromatic heterocycles. The van der Waals surface area contributed by atoms with Crippen LogP contribution in [-0.2, 0) is 11.2 Å². The molecular weight excluding hydrogens is 190 g/mol. The average molecular weight is 204 g/mol. The molecule has 0 saturated heterocycles. The maximum Gasteiger partial charge on any atom is 0.222 e. The SMILES string of the molecule is CN(C)C(=O)CCc1c[nH]cn1.Cl. The van der Waals surface area contributed by atoms with Gasteiger partial charge in [-0.05, 0) is 6.42 Å². The third-order valence-electron chi connectivity index (χ3n) is 1.65. The van der Waals surface area contributed by atoms with Crippen LogP contribution in [0.25, 0.3) is 0 Å². The van der Waals surface area contributed by atoms with E-state index in [9.17, 15) is 4.79 Å². The summed E-state index contributed by atoms with van der Waals surface area (Å²) in [5.41, 5.74) is 0.935. The second-order valence-electron chi connectivity index (χ2n) is 2.85. The van der Waals surface area contributed by atoms with Gasteiger partial charge in [0, 0.05) is 26.7 Å². The number of aryl methyl sites for hydroxylation is 1. The third-order valence-corrected chi connectivity index (χ3v) is 1.65. The Balaban J connectivity index is 0.00000144. The zero-order chi connectivity index (χ0) is 8.97. The maximum absolute atomic E-state index is 11.1. The van der Waals surface area contributed by atoms with Crippen LogP contribution >= 0.6 is 12.4 Å². The van der Waals surface area contributed by atoms with Gasteiger partial charge >= 0.3 is 0 Å². The number of nitrogens with zero attached hydrogens (tertiary/aromatic N) is 2. The Morgan fingerprint density at radius 2 is 2.31 bits per heavy atom. The van der Waals surface area contributed by atoms with Gasteiger partial charge in [0.2, 0.25) is 5.91 Å². The normalized spacial score (nSPS) is 9.08. The van der Waals surface area contributed by atoms with E-state index in [1.165, 1.54) is 0 Å². The molecule has 0 aliphatic carbocycles. The van der Waals surface area contributed by atoms with Gasteiger partial charge in [0.25, 0.3) is 0 Å². The fourth-order valence-corrected chi connectivity index (χ4v) is 0.886. The Kier molecular flexibility index (Phi) is 5.14. The first-order chi connectivity index (χ1) is 5.70. The molecule has 0 spiro atoms. The Bertz CT molecular complexity index is 246. The smallest absolute Gasteiger partial charge is 0.222 e. The summed E-state index contributed by atoms with van der Waals surface area (Å²) >= 11 is 0. The predicted octanol–water partition coefficient (Wildman–Crippen LogP) is 0.852. The molecule has 74 valence electrons. The van der Waals surface area contributed by atoms with E-state index in [0.29, 0.717) is 12.8 Å². The molecule has 1 rings (SSSR count). The van der Waals surface area contributed by atoms with Crippen molar-refractivity contribution in [2.75, 3.05) is 14.1 Å². The number of halogens is 1. The van der Waals surface area contributed by atoms with Crippen molar-refractivity contribution in [2.24, 2.45) is 0 Å². The van der Waals surface area contributed by atoms with E-state index in [4.69, 9.17) is 0 Å². The minimum absolute atomic E-state index is 0. The fraction of sp³-hybridized carbons (Fsp3) is 0.500. The van der Waals surface area contributed by atoms with Crippen LogP contribution in [-0.4, -0.2) is 34.9 Å². The van der Waals surface area contributed by atoms with E-state index >= 15 is 0 Å². The lowest BCUT2D eigenvalue weighted by molar-refractivity contribution is -0.128. The van der Waals surface area contributed by atoms with Crippen LogP contribution in [0.1, 0.15) is 12.1 Å². The number of amides is 1. The van der Waals surface area contributed by atoms with Crippen molar-refractivity contribution < 1.29 is 4.79 Å². The van der Waals surface area contributed by atoms with Crippen molar-refractivity contribution in [3.63, 3.8) is 0 Å². The van der Waals surface area contributed by atoms with E-state index in [1.54, 1.807) is 25.3 Å². The predicted molar refractivity (Wildman–Crippen MR) is 52.9 cm³/mol. The van der Waals surface area contributed by atoms with Crippen molar-refractivity contribution in [2.45, 2.75) is 12.8 Å². The molecule has 0 unspecified atom stereocenters. The van der Waals surface area contributed by atoms with Gasteiger partial charge in [0.15, 0.2) is 0 Å². The highest BCUT2D eigenvalue weighted by atomic mass is 35.5. The molecule has 0 aliphatic heterocycles. The Morgan fingerprint density at radius 1 is 1.62 bits per heavy atom. The van der Waals surface area contributed by atoms with Gasteiger partial charge in [-0.2, -0.15) is 0 Å². The summed E-state index contributed by atoms with van der Waals surface area (Å²) in [6, 6.07) is 0. The van der Waals surface area contributed by atoms with Gasteiger partial charge in [-0.3, -0.25) is 4.79 Å². The van der Waals surface area contributed by atoms with Crippen molar-refractivity contribution in [1.82, 2.24) is 14.9 Å². The molecular formula is C8H14ClN3O. The van der Waals surface area contributed by atoms with Crippen LogP contribution in [0.3, 0.4) is 0 Å². The monoisotopic (exact) mass is 203 g/mol. The first kappa shape index (κ1) is 12.0. The molecule has 4 nitrogen and oxygen atoms in total.